The molecular weight excluding hydrogens is 412 g/mol. The minimum absolute atomic E-state index is 0.0398. The van der Waals surface area contributed by atoms with E-state index in [1.54, 1.807) is 13.8 Å². The molecule has 0 aromatic heterocycles. The maximum absolute atomic E-state index is 11.8. The number of hydrogen-bond donors (Lipinski definition) is 4. The molecule has 0 fully saturated rings. The first-order chi connectivity index (χ1) is 15.1. The molecule has 0 aliphatic heterocycles. The fraction of sp³-hybridized carbons (Fsp3) is 0.727. The van der Waals surface area contributed by atoms with E-state index in [0.717, 1.165) is 12.8 Å². The Bertz CT molecular complexity index is 632. The van der Waals surface area contributed by atoms with Crippen molar-refractivity contribution in [2.75, 3.05) is 13.1 Å². The molecule has 0 aromatic rings. The van der Waals surface area contributed by atoms with Crippen LogP contribution in [-0.4, -0.2) is 48.1 Å². The predicted octanol–water partition coefficient (Wildman–Crippen LogP) is 1.86. The molecule has 0 bridgehead atoms. The van der Waals surface area contributed by atoms with Gasteiger partial charge in [-0.05, 0) is 39.5 Å². The summed E-state index contributed by atoms with van der Waals surface area (Å²) in [7, 11) is 0. The van der Waals surface area contributed by atoms with Crippen molar-refractivity contribution in [3.8, 4) is 0 Å². The molecule has 0 rings (SSSR count). The van der Waals surface area contributed by atoms with Crippen molar-refractivity contribution in [1.82, 2.24) is 21.5 Å². The molecule has 0 aliphatic rings. The maximum Gasteiger partial charge on any atom is 0.240 e. The molecule has 10 nitrogen and oxygen atoms in total. The van der Waals surface area contributed by atoms with Crippen LogP contribution in [-0.2, 0) is 19.2 Å². The molecule has 182 valence electrons. The minimum Gasteiger partial charge on any atom is -0.351 e. The van der Waals surface area contributed by atoms with Crippen LogP contribution in [0.5, 0.6) is 0 Å². The van der Waals surface area contributed by atoms with Gasteiger partial charge in [-0.3, -0.25) is 19.2 Å². The molecule has 4 amide bonds. The Labute approximate surface area is 191 Å². The maximum atomic E-state index is 11.8. The lowest BCUT2D eigenvalue weighted by atomic mass is 10.1. The zero-order valence-corrected chi connectivity index (χ0v) is 20.3. The second-order valence-electron chi connectivity index (χ2n) is 8.03. The van der Waals surface area contributed by atoms with Gasteiger partial charge in [0.25, 0.3) is 0 Å². The highest BCUT2D eigenvalue weighted by atomic mass is 16.2. The fourth-order valence-electron chi connectivity index (χ4n) is 2.23. The summed E-state index contributed by atoms with van der Waals surface area (Å²) in [5.41, 5.74) is 6.11. The molecular formula is C22H40N6O4. The Morgan fingerprint density at radius 2 is 1.03 bits per heavy atom. The lowest BCUT2D eigenvalue weighted by Crippen LogP contribution is -2.33. The first-order valence-electron chi connectivity index (χ1n) is 11.3. The third kappa shape index (κ3) is 14.3. The number of amides is 4. The van der Waals surface area contributed by atoms with Gasteiger partial charge in [-0.25, -0.2) is 10.9 Å². The van der Waals surface area contributed by atoms with Crippen LogP contribution in [0.1, 0.15) is 80.1 Å². The minimum atomic E-state index is -0.246. The summed E-state index contributed by atoms with van der Waals surface area (Å²) >= 11 is 0. The highest BCUT2D eigenvalue weighted by Crippen LogP contribution is 2.01. The molecule has 0 heterocycles. The van der Waals surface area contributed by atoms with Crippen molar-refractivity contribution in [1.29, 1.82) is 0 Å². The molecule has 0 aromatic carbocycles. The standard InChI is InChI=1S/C22H40N6O4/c1-7-15(3)21(31)23-13-17(5)25-27-19(29)11-9-10-12-20(30)28-26-18(6)14-24-22(32)16(4)8-2/h15-16H,7-14H2,1-6H3,(H,23,31)(H,24,32)(H,27,29)(H,28,30)/b25-17-,26-18-. The number of hydrogen-bond acceptors (Lipinski definition) is 6. The van der Waals surface area contributed by atoms with E-state index in [-0.39, 0.29) is 61.4 Å². The lowest BCUT2D eigenvalue weighted by Gasteiger charge is -2.09. The molecule has 2 atom stereocenters. The van der Waals surface area contributed by atoms with Gasteiger partial charge in [0.2, 0.25) is 23.6 Å². The van der Waals surface area contributed by atoms with E-state index in [4.69, 9.17) is 0 Å². The van der Waals surface area contributed by atoms with Crippen LogP contribution in [0.2, 0.25) is 0 Å². The third-order valence-corrected chi connectivity index (χ3v) is 4.96. The molecule has 2 unspecified atom stereocenters. The average Bonchev–Trinajstić information content (AvgIpc) is 2.79. The van der Waals surface area contributed by atoms with Crippen molar-refractivity contribution in [2.24, 2.45) is 22.0 Å². The lowest BCUT2D eigenvalue weighted by molar-refractivity contribution is -0.125. The van der Waals surface area contributed by atoms with Gasteiger partial charge in [-0.15, -0.1) is 0 Å². The van der Waals surface area contributed by atoms with Gasteiger partial charge in [-0.1, -0.05) is 27.7 Å². The topological polar surface area (TPSA) is 141 Å². The van der Waals surface area contributed by atoms with Crippen molar-refractivity contribution in [2.45, 2.75) is 80.1 Å². The Balaban J connectivity index is 4.01. The Morgan fingerprint density at radius 3 is 1.34 bits per heavy atom. The largest absolute Gasteiger partial charge is 0.351 e. The van der Waals surface area contributed by atoms with Crippen LogP contribution in [0.15, 0.2) is 10.2 Å². The van der Waals surface area contributed by atoms with Gasteiger partial charge < -0.3 is 10.6 Å². The van der Waals surface area contributed by atoms with E-state index in [2.05, 4.69) is 31.7 Å². The van der Waals surface area contributed by atoms with Crippen LogP contribution >= 0.6 is 0 Å². The molecule has 0 saturated carbocycles. The Hall–Kier alpha value is -2.78. The van der Waals surface area contributed by atoms with Crippen LogP contribution in [0.3, 0.4) is 0 Å². The van der Waals surface area contributed by atoms with Gasteiger partial charge in [0.1, 0.15) is 0 Å². The first kappa shape index (κ1) is 29.2. The number of carbonyl (C=O) groups excluding carboxylic acids is 4. The van der Waals surface area contributed by atoms with Gasteiger partial charge in [0, 0.05) is 24.7 Å². The zero-order valence-electron chi connectivity index (χ0n) is 20.3. The van der Waals surface area contributed by atoms with E-state index in [9.17, 15) is 19.2 Å². The second-order valence-corrected chi connectivity index (χ2v) is 8.03. The predicted molar refractivity (Wildman–Crippen MR) is 126 cm³/mol. The van der Waals surface area contributed by atoms with E-state index < -0.39 is 0 Å². The summed E-state index contributed by atoms with van der Waals surface area (Å²) in [4.78, 5) is 47.1. The number of hydrazone groups is 2. The Morgan fingerprint density at radius 1 is 0.688 bits per heavy atom. The summed E-state index contributed by atoms with van der Waals surface area (Å²) in [5, 5.41) is 13.5. The summed E-state index contributed by atoms with van der Waals surface area (Å²) in [6, 6.07) is 0. The molecule has 4 N–H and O–H groups in total. The normalized spacial score (nSPS) is 13.7. The third-order valence-electron chi connectivity index (χ3n) is 4.96. The summed E-state index contributed by atoms with van der Waals surface area (Å²) in [6.07, 6.45) is 3.08. The number of rotatable bonds is 15. The van der Waals surface area contributed by atoms with Gasteiger partial charge >= 0.3 is 0 Å². The highest BCUT2D eigenvalue weighted by Gasteiger charge is 2.11. The molecule has 10 heteroatoms. The van der Waals surface area contributed by atoms with Crippen molar-refractivity contribution >= 4 is 35.1 Å². The monoisotopic (exact) mass is 452 g/mol. The van der Waals surface area contributed by atoms with Gasteiger partial charge in [0.05, 0.1) is 24.5 Å². The smallest absolute Gasteiger partial charge is 0.240 e. The first-order valence-corrected chi connectivity index (χ1v) is 11.3. The fourth-order valence-corrected chi connectivity index (χ4v) is 2.23. The van der Waals surface area contributed by atoms with E-state index in [0.29, 0.717) is 24.3 Å². The number of nitrogens with one attached hydrogen (secondary N) is 4. The molecule has 32 heavy (non-hydrogen) atoms. The summed E-state index contributed by atoms with van der Waals surface area (Å²) in [6.45, 7) is 11.6. The highest BCUT2D eigenvalue weighted by molar-refractivity contribution is 5.90. The van der Waals surface area contributed by atoms with E-state index >= 15 is 0 Å². The van der Waals surface area contributed by atoms with Gasteiger partial charge in [0.15, 0.2) is 0 Å². The number of carbonyl (C=O) groups is 4. The van der Waals surface area contributed by atoms with Crippen LogP contribution < -0.4 is 21.5 Å². The van der Waals surface area contributed by atoms with Crippen LogP contribution in [0, 0.1) is 11.8 Å². The van der Waals surface area contributed by atoms with Crippen molar-refractivity contribution < 1.29 is 19.2 Å². The number of unbranched alkanes of at least 4 members (excludes halogenated alkanes) is 1. The zero-order chi connectivity index (χ0) is 24.5. The average molecular weight is 453 g/mol. The van der Waals surface area contributed by atoms with Gasteiger partial charge in [-0.2, -0.15) is 10.2 Å². The molecule has 0 spiro atoms. The van der Waals surface area contributed by atoms with Crippen molar-refractivity contribution in [3.05, 3.63) is 0 Å². The summed E-state index contributed by atoms with van der Waals surface area (Å²) in [5.74, 6) is -0.684. The molecule has 0 aliphatic carbocycles. The summed E-state index contributed by atoms with van der Waals surface area (Å²) < 4.78 is 0. The molecule has 0 radical (unpaired) electrons. The van der Waals surface area contributed by atoms with E-state index in [1.807, 2.05) is 27.7 Å². The second kappa shape index (κ2) is 16.9. The van der Waals surface area contributed by atoms with E-state index in [1.165, 1.54) is 0 Å². The van der Waals surface area contributed by atoms with Crippen molar-refractivity contribution in [3.63, 3.8) is 0 Å². The number of nitrogens with zero attached hydrogens (tertiary/aromatic N) is 2. The van der Waals surface area contributed by atoms with Crippen LogP contribution in [0.25, 0.3) is 0 Å². The SMILES string of the molecule is CCC(C)C(=O)NC/C(C)=N\NC(=O)CCCCC(=O)N/N=C(/C)CNC(=O)C(C)CC. The van der Waals surface area contributed by atoms with Crippen LogP contribution in [0.4, 0.5) is 0 Å². The molecule has 0 saturated heterocycles. The Kier molecular flexibility index (Phi) is 15.4. The quantitative estimate of drug-likeness (QED) is 0.171.